The summed E-state index contributed by atoms with van der Waals surface area (Å²) >= 11 is 0. The third-order valence-electron chi connectivity index (χ3n) is 0.467. The van der Waals surface area contributed by atoms with E-state index in [1.165, 1.54) is 0 Å². The zero-order valence-electron chi connectivity index (χ0n) is 4.22. The molecule has 0 aliphatic carbocycles. The summed E-state index contributed by atoms with van der Waals surface area (Å²) in [6, 6.07) is 0. The van der Waals surface area contributed by atoms with Crippen LogP contribution >= 0.6 is 0 Å². The van der Waals surface area contributed by atoms with Crippen molar-refractivity contribution in [1.82, 2.24) is 0 Å². The smallest absolute Gasteiger partial charge is 0.184 e. The summed E-state index contributed by atoms with van der Waals surface area (Å²) in [5.41, 5.74) is 0. The predicted octanol–water partition coefficient (Wildman–Crippen LogP) is 0.640. The van der Waals surface area contributed by atoms with Crippen LogP contribution in [0, 0.1) is 12.3 Å². The van der Waals surface area contributed by atoms with Crippen LogP contribution in [0.4, 0.5) is 0 Å². The molecule has 0 aliphatic heterocycles. The Hall–Kier alpha value is -0.970. The molecule has 1 atom stereocenters. The molecular formula is C5H7NO. The van der Waals surface area contributed by atoms with Crippen molar-refractivity contribution in [3.8, 4) is 12.3 Å². The molecule has 38 valence electrons. The van der Waals surface area contributed by atoms with Crippen LogP contribution in [0.3, 0.4) is 0 Å². The number of oxime groups is 1. The molecule has 0 aliphatic rings. The van der Waals surface area contributed by atoms with E-state index in [0.717, 1.165) is 0 Å². The molecular weight excluding hydrogens is 90.1 g/mol. The Bertz CT molecular complexity index is 92.7. The van der Waals surface area contributed by atoms with Crippen molar-refractivity contribution in [3.05, 3.63) is 0 Å². The zero-order valence-corrected chi connectivity index (χ0v) is 4.22. The van der Waals surface area contributed by atoms with E-state index in [2.05, 4.69) is 22.6 Å². The van der Waals surface area contributed by atoms with Crippen LogP contribution in [-0.4, -0.2) is 12.8 Å². The van der Waals surface area contributed by atoms with E-state index in [0.29, 0.717) is 0 Å². The molecule has 0 saturated heterocycles. The van der Waals surface area contributed by atoms with Gasteiger partial charge in [-0.05, 0) is 6.92 Å². The van der Waals surface area contributed by atoms with Gasteiger partial charge in [0.25, 0.3) is 0 Å². The Morgan fingerprint density at radius 2 is 2.57 bits per heavy atom. The highest BCUT2D eigenvalue weighted by atomic mass is 16.6. The molecule has 0 bridgehead atoms. The standard InChI is InChI=1S/C5H7NO/c1-4-5(2)7-6-3/h1,5H,3H2,2H3/t5-/m1/s1. The second kappa shape index (κ2) is 3.23. The molecule has 0 unspecified atom stereocenters. The molecule has 0 saturated carbocycles. The molecule has 0 aromatic heterocycles. The van der Waals surface area contributed by atoms with Gasteiger partial charge in [-0.2, -0.15) is 0 Å². The van der Waals surface area contributed by atoms with Crippen molar-refractivity contribution >= 4 is 6.72 Å². The highest BCUT2D eigenvalue weighted by Crippen LogP contribution is 1.84. The minimum atomic E-state index is -0.252. The third-order valence-corrected chi connectivity index (χ3v) is 0.467. The van der Waals surface area contributed by atoms with Crippen molar-refractivity contribution in [3.63, 3.8) is 0 Å². The van der Waals surface area contributed by atoms with E-state index in [-0.39, 0.29) is 6.10 Å². The van der Waals surface area contributed by atoms with Crippen molar-refractivity contribution < 1.29 is 4.84 Å². The van der Waals surface area contributed by atoms with Gasteiger partial charge in [-0.1, -0.05) is 5.92 Å². The monoisotopic (exact) mass is 97.1 g/mol. The Morgan fingerprint density at radius 3 is 2.71 bits per heavy atom. The van der Waals surface area contributed by atoms with Gasteiger partial charge in [0.2, 0.25) is 0 Å². The largest absolute Gasteiger partial charge is 0.380 e. The summed E-state index contributed by atoms with van der Waals surface area (Å²) in [7, 11) is 0. The van der Waals surface area contributed by atoms with E-state index >= 15 is 0 Å². The van der Waals surface area contributed by atoms with Crippen molar-refractivity contribution in [1.29, 1.82) is 0 Å². The van der Waals surface area contributed by atoms with Gasteiger partial charge in [-0.25, -0.2) is 0 Å². The Balaban J connectivity index is 3.21. The van der Waals surface area contributed by atoms with Crippen LogP contribution in [-0.2, 0) is 4.84 Å². The van der Waals surface area contributed by atoms with E-state index in [1.54, 1.807) is 6.92 Å². The van der Waals surface area contributed by atoms with Gasteiger partial charge < -0.3 is 4.84 Å². The fourth-order valence-electron chi connectivity index (χ4n) is 0.142. The second-order valence-corrected chi connectivity index (χ2v) is 1.04. The number of hydrogen-bond donors (Lipinski definition) is 0. The molecule has 2 heteroatoms. The van der Waals surface area contributed by atoms with Crippen LogP contribution < -0.4 is 0 Å². The zero-order chi connectivity index (χ0) is 5.70. The second-order valence-electron chi connectivity index (χ2n) is 1.04. The molecule has 0 fully saturated rings. The maximum Gasteiger partial charge on any atom is 0.184 e. The summed E-state index contributed by atoms with van der Waals surface area (Å²) in [4.78, 5) is 4.47. The first kappa shape index (κ1) is 6.03. The van der Waals surface area contributed by atoms with Gasteiger partial charge in [-0.3, -0.25) is 0 Å². The minimum absolute atomic E-state index is 0.252. The van der Waals surface area contributed by atoms with Crippen molar-refractivity contribution in [2.75, 3.05) is 0 Å². The number of nitrogens with zero attached hydrogens (tertiary/aromatic N) is 1. The Morgan fingerprint density at radius 1 is 2.00 bits per heavy atom. The highest BCUT2D eigenvalue weighted by Gasteiger charge is 1.88. The summed E-state index contributed by atoms with van der Waals surface area (Å²) in [5, 5.41) is 3.11. The highest BCUT2D eigenvalue weighted by molar-refractivity contribution is 5.21. The van der Waals surface area contributed by atoms with Crippen LogP contribution in [0.1, 0.15) is 6.92 Å². The molecule has 0 aromatic carbocycles. The normalized spacial score (nSPS) is 11.4. The van der Waals surface area contributed by atoms with Crippen molar-refractivity contribution in [2.45, 2.75) is 13.0 Å². The summed E-state index contributed by atoms with van der Waals surface area (Å²) in [5.74, 6) is 2.31. The van der Waals surface area contributed by atoms with Crippen LogP contribution in [0.2, 0.25) is 0 Å². The molecule has 0 aromatic rings. The minimum Gasteiger partial charge on any atom is -0.380 e. The molecule has 0 spiro atoms. The number of hydrogen-bond acceptors (Lipinski definition) is 2. The van der Waals surface area contributed by atoms with E-state index in [4.69, 9.17) is 6.42 Å². The fraction of sp³-hybridized carbons (Fsp3) is 0.400. The number of terminal acetylenes is 1. The van der Waals surface area contributed by atoms with Gasteiger partial charge in [0.15, 0.2) is 6.10 Å². The average Bonchev–Trinajstić information content (AvgIpc) is 1.68. The van der Waals surface area contributed by atoms with E-state index in [1.807, 2.05) is 0 Å². The average molecular weight is 97.1 g/mol. The molecule has 0 amide bonds. The lowest BCUT2D eigenvalue weighted by molar-refractivity contribution is 0.115. The summed E-state index contributed by atoms with van der Waals surface area (Å²) < 4.78 is 0. The van der Waals surface area contributed by atoms with Gasteiger partial charge in [0.05, 0.1) is 0 Å². The molecule has 0 heterocycles. The molecule has 2 nitrogen and oxygen atoms in total. The topological polar surface area (TPSA) is 21.6 Å². The van der Waals surface area contributed by atoms with E-state index < -0.39 is 0 Å². The maximum atomic E-state index is 4.90. The summed E-state index contributed by atoms with van der Waals surface area (Å²) in [6.45, 7) is 4.80. The maximum absolute atomic E-state index is 4.90. The third kappa shape index (κ3) is 2.84. The molecule has 0 rings (SSSR count). The van der Waals surface area contributed by atoms with Crippen LogP contribution in [0.15, 0.2) is 5.16 Å². The van der Waals surface area contributed by atoms with Gasteiger partial charge in [-0.15, -0.1) is 11.6 Å². The molecule has 0 N–H and O–H groups in total. The first-order chi connectivity index (χ1) is 3.31. The quantitative estimate of drug-likeness (QED) is 0.281. The Labute approximate surface area is 43.2 Å². The lowest BCUT2D eigenvalue weighted by Crippen LogP contribution is -1.97. The fourth-order valence-corrected chi connectivity index (χ4v) is 0.142. The predicted molar refractivity (Wildman–Crippen MR) is 28.9 cm³/mol. The van der Waals surface area contributed by atoms with Crippen LogP contribution in [0.5, 0.6) is 0 Å². The lowest BCUT2D eigenvalue weighted by Gasteiger charge is -1.96. The van der Waals surface area contributed by atoms with Gasteiger partial charge >= 0.3 is 0 Å². The molecule has 0 radical (unpaired) electrons. The van der Waals surface area contributed by atoms with E-state index in [9.17, 15) is 0 Å². The first-order valence-electron chi connectivity index (χ1n) is 1.89. The van der Waals surface area contributed by atoms with Crippen LogP contribution in [0.25, 0.3) is 0 Å². The summed E-state index contributed by atoms with van der Waals surface area (Å²) in [6.07, 6.45) is 4.64. The van der Waals surface area contributed by atoms with Gasteiger partial charge in [0.1, 0.15) is 0 Å². The Kier molecular flexibility index (Phi) is 2.78. The SMILES string of the molecule is C#C[C@@H](C)ON=C. The van der Waals surface area contributed by atoms with Gasteiger partial charge in [0, 0.05) is 6.72 Å². The first-order valence-corrected chi connectivity index (χ1v) is 1.89. The molecule has 7 heavy (non-hydrogen) atoms. The lowest BCUT2D eigenvalue weighted by atomic mass is 10.4. The van der Waals surface area contributed by atoms with Crippen molar-refractivity contribution in [2.24, 2.45) is 5.16 Å². The number of rotatable bonds is 2.